The van der Waals surface area contributed by atoms with Gasteiger partial charge in [-0.25, -0.2) is 0 Å². The van der Waals surface area contributed by atoms with E-state index in [0.717, 1.165) is 0 Å². The van der Waals surface area contributed by atoms with Crippen molar-refractivity contribution in [2.45, 2.75) is 19.9 Å². The number of rotatable bonds is 2. The maximum atomic E-state index is 10.1. The van der Waals surface area contributed by atoms with Gasteiger partial charge >= 0.3 is 0 Å². The molecule has 1 atom stereocenters. The molecule has 0 aromatic heterocycles. The van der Waals surface area contributed by atoms with Gasteiger partial charge in [-0.05, 0) is 13.8 Å². The Hall–Kier alpha value is -0.120. The van der Waals surface area contributed by atoms with Crippen molar-refractivity contribution in [2.24, 2.45) is 0 Å². The van der Waals surface area contributed by atoms with E-state index in [1.165, 1.54) is 7.05 Å². The first kappa shape index (κ1) is 6.88. The second-order valence-corrected chi connectivity index (χ2v) is 1.86. The zero-order valence-corrected chi connectivity index (χ0v) is 4.99. The molecule has 0 aliphatic rings. The van der Waals surface area contributed by atoms with Gasteiger partial charge in [0.15, 0.2) is 0 Å². The third kappa shape index (κ3) is 5.88. The maximum Gasteiger partial charge on any atom is 0.0839 e. The Kier molecular flexibility index (Phi) is 2.91. The molecule has 0 aromatic rings. The van der Waals surface area contributed by atoms with Gasteiger partial charge in [0.1, 0.15) is 0 Å². The van der Waals surface area contributed by atoms with Crippen molar-refractivity contribution in [3.63, 3.8) is 0 Å². The third-order valence-electron chi connectivity index (χ3n) is 0.492. The standard InChI is InChI=1S/C4H12N2O/c1-4(2)5-6(3)7/h4-6H,1-3H3. The molecule has 0 aliphatic carbocycles. The van der Waals surface area contributed by atoms with Gasteiger partial charge < -0.3 is 5.21 Å². The molecule has 0 rings (SSSR count). The Balaban J connectivity index is 2.95. The van der Waals surface area contributed by atoms with Crippen molar-refractivity contribution >= 4 is 0 Å². The molecule has 2 N–H and O–H groups in total. The van der Waals surface area contributed by atoms with E-state index in [4.69, 9.17) is 0 Å². The fourth-order valence-corrected chi connectivity index (χ4v) is 0.407. The third-order valence-corrected chi connectivity index (χ3v) is 0.492. The lowest BCUT2D eigenvalue weighted by molar-refractivity contribution is -0.878. The fraction of sp³-hybridized carbons (Fsp3) is 1.00. The maximum absolute atomic E-state index is 10.1. The van der Waals surface area contributed by atoms with Gasteiger partial charge in [0.2, 0.25) is 0 Å². The summed E-state index contributed by atoms with van der Waals surface area (Å²) < 4.78 is 0. The van der Waals surface area contributed by atoms with Crippen LogP contribution in [0.25, 0.3) is 0 Å². The highest BCUT2D eigenvalue weighted by molar-refractivity contribution is 4.36. The van der Waals surface area contributed by atoms with Crippen molar-refractivity contribution in [3.8, 4) is 0 Å². The first-order chi connectivity index (χ1) is 3.13. The van der Waals surface area contributed by atoms with Crippen LogP contribution in [-0.2, 0) is 0 Å². The van der Waals surface area contributed by atoms with Crippen molar-refractivity contribution in [1.29, 1.82) is 0 Å². The van der Waals surface area contributed by atoms with Crippen LogP contribution in [0.3, 0.4) is 0 Å². The Morgan fingerprint density at radius 1 is 1.57 bits per heavy atom. The molecule has 0 amide bonds. The lowest BCUT2D eigenvalue weighted by Gasteiger charge is -2.18. The molecule has 0 aliphatic heterocycles. The fourth-order valence-electron chi connectivity index (χ4n) is 0.407. The summed E-state index contributed by atoms with van der Waals surface area (Å²) in [7, 11) is 1.51. The van der Waals surface area contributed by atoms with Crippen molar-refractivity contribution in [2.75, 3.05) is 7.05 Å². The second-order valence-electron chi connectivity index (χ2n) is 1.86. The summed E-state index contributed by atoms with van der Waals surface area (Å²) in [6.07, 6.45) is 0. The predicted molar refractivity (Wildman–Crippen MR) is 28.5 cm³/mol. The zero-order valence-electron chi connectivity index (χ0n) is 4.99. The Morgan fingerprint density at radius 2 is 2.00 bits per heavy atom. The SMILES string of the molecule is CC(C)N[NH+](C)[O-]. The molecule has 0 aromatic carbocycles. The van der Waals surface area contributed by atoms with Crippen LogP contribution in [0.2, 0.25) is 0 Å². The van der Waals surface area contributed by atoms with Crippen LogP contribution in [0.15, 0.2) is 0 Å². The molecular formula is C4H12N2O. The van der Waals surface area contributed by atoms with Gasteiger partial charge in [-0.1, -0.05) is 0 Å². The number of hydrogen-bond acceptors (Lipinski definition) is 2. The molecule has 0 spiro atoms. The zero-order chi connectivity index (χ0) is 5.86. The van der Waals surface area contributed by atoms with Crippen molar-refractivity contribution in [3.05, 3.63) is 5.21 Å². The average Bonchev–Trinajstić information content (AvgIpc) is 1.27. The summed E-state index contributed by atoms with van der Waals surface area (Å²) in [6, 6.07) is 0.275. The van der Waals surface area contributed by atoms with E-state index < -0.39 is 0 Å². The minimum atomic E-state index is 0.0370. The van der Waals surface area contributed by atoms with E-state index in [9.17, 15) is 5.21 Å². The van der Waals surface area contributed by atoms with Gasteiger partial charge in [-0.2, -0.15) is 5.43 Å². The number of nitrogens with one attached hydrogen (secondary N) is 2. The lowest BCUT2D eigenvalue weighted by Crippen LogP contribution is -3.12. The van der Waals surface area contributed by atoms with Crippen LogP contribution in [-0.4, -0.2) is 13.1 Å². The normalized spacial score (nSPS) is 15.0. The van der Waals surface area contributed by atoms with Crippen LogP contribution in [0.5, 0.6) is 0 Å². The van der Waals surface area contributed by atoms with Crippen LogP contribution < -0.4 is 10.6 Å². The molecule has 3 nitrogen and oxygen atoms in total. The molecule has 1 unspecified atom stereocenters. The van der Waals surface area contributed by atoms with E-state index in [-0.39, 0.29) is 11.2 Å². The van der Waals surface area contributed by atoms with Crippen LogP contribution in [0, 0.1) is 5.21 Å². The minimum absolute atomic E-state index is 0.0370. The van der Waals surface area contributed by atoms with E-state index in [1.807, 2.05) is 13.8 Å². The molecular weight excluding hydrogens is 92.1 g/mol. The molecule has 3 heteroatoms. The van der Waals surface area contributed by atoms with Crippen LogP contribution in [0.4, 0.5) is 0 Å². The van der Waals surface area contributed by atoms with E-state index in [0.29, 0.717) is 0 Å². The quantitative estimate of drug-likeness (QED) is 0.437. The molecule has 0 bridgehead atoms. The summed E-state index contributed by atoms with van der Waals surface area (Å²) in [6.45, 7) is 3.86. The highest BCUT2D eigenvalue weighted by atomic mass is 16.5. The first-order valence-electron chi connectivity index (χ1n) is 2.40. The van der Waals surface area contributed by atoms with E-state index >= 15 is 0 Å². The van der Waals surface area contributed by atoms with Gasteiger partial charge in [-0.15, -0.1) is 0 Å². The van der Waals surface area contributed by atoms with Gasteiger partial charge in [0.25, 0.3) is 0 Å². The second kappa shape index (κ2) is 2.96. The molecule has 0 radical (unpaired) electrons. The van der Waals surface area contributed by atoms with Crippen molar-refractivity contribution < 1.29 is 5.17 Å². The average molecular weight is 104 g/mol. The molecule has 0 saturated carbocycles. The Labute approximate surface area is 43.9 Å². The smallest absolute Gasteiger partial charge is 0.0839 e. The summed E-state index contributed by atoms with van der Waals surface area (Å²) in [5, 5.41) is 10.2. The largest absolute Gasteiger partial charge is 0.613 e. The highest BCUT2D eigenvalue weighted by Crippen LogP contribution is 1.65. The summed E-state index contributed by atoms with van der Waals surface area (Å²) in [5.74, 6) is 0. The summed E-state index contributed by atoms with van der Waals surface area (Å²) >= 11 is 0. The van der Waals surface area contributed by atoms with E-state index in [2.05, 4.69) is 5.43 Å². The Morgan fingerprint density at radius 3 is 2.00 bits per heavy atom. The predicted octanol–water partition coefficient (Wildman–Crippen LogP) is -1.09. The minimum Gasteiger partial charge on any atom is -0.613 e. The molecule has 0 heterocycles. The first-order valence-corrected chi connectivity index (χ1v) is 2.40. The lowest BCUT2D eigenvalue weighted by atomic mass is 10.4. The molecule has 0 fully saturated rings. The van der Waals surface area contributed by atoms with Gasteiger partial charge in [0, 0.05) is 0 Å². The molecule has 7 heavy (non-hydrogen) atoms. The van der Waals surface area contributed by atoms with Crippen molar-refractivity contribution in [1.82, 2.24) is 5.43 Å². The monoisotopic (exact) mass is 104 g/mol. The van der Waals surface area contributed by atoms with Crippen LogP contribution >= 0.6 is 0 Å². The van der Waals surface area contributed by atoms with Gasteiger partial charge in [0.05, 0.1) is 13.1 Å². The highest BCUT2D eigenvalue weighted by Gasteiger charge is 1.89. The topological polar surface area (TPSA) is 39.5 Å². The van der Waals surface area contributed by atoms with Gasteiger partial charge in [-0.3, -0.25) is 5.17 Å². The molecule has 44 valence electrons. The number of hydrogen-bond donors (Lipinski definition) is 2. The van der Waals surface area contributed by atoms with E-state index in [1.54, 1.807) is 0 Å². The molecule has 0 saturated heterocycles. The summed E-state index contributed by atoms with van der Waals surface area (Å²) in [4.78, 5) is 0. The van der Waals surface area contributed by atoms with Crippen LogP contribution in [0.1, 0.15) is 13.8 Å². The Bertz CT molecular complexity index is 39.0. The number of hydroxylamine groups is 1. The summed E-state index contributed by atoms with van der Waals surface area (Å²) in [5.41, 5.74) is 2.67. The number of quaternary nitrogens is 1.